The van der Waals surface area contributed by atoms with E-state index in [0.29, 0.717) is 6.42 Å². The second-order valence-corrected chi connectivity index (χ2v) is 5.59. The highest BCUT2D eigenvalue weighted by Crippen LogP contribution is 2.17. The Bertz CT molecular complexity index is 528. The van der Waals surface area contributed by atoms with E-state index in [2.05, 4.69) is 24.4 Å². The van der Waals surface area contributed by atoms with Crippen molar-refractivity contribution >= 4 is 22.8 Å². The number of rotatable bonds is 5. The minimum atomic E-state index is 0.190. The highest BCUT2D eigenvalue weighted by Gasteiger charge is 2.02. The van der Waals surface area contributed by atoms with E-state index in [4.69, 9.17) is 0 Å². The molecule has 0 atom stereocenters. The van der Waals surface area contributed by atoms with Crippen molar-refractivity contribution in [3.63, 3.8) is 0 Å². The number of aryl methyl sites for hydroxylation is 1. The maximum atomic E-state index is 11.5. The van der Waals surface area contributed by atoms with Crippen LogP contribution in [0.5, 0.6) is 0 Å². The molecule has 1 aromatic heterocycles. The topological polar surface area (TPSA) is 29.1 Å². The third kappa shape index (κ3) is 3.20. The lowest BCUT2D eigenvalue weighted by molar-refractivity contribution is 0.0988. The normalized spacial score (nSPS) is 10.3. The fourth-order valence-electron chi connectivity index (χ4n) is 1.75. The number of carbonyl (C=O) groups excluding carboxylic acids is 1. The van der Waals surface area contributed by atoms with Gasteiger partial charge in [0, 0.05) is 34.0 Å². The van der Waals surface area contributed by atoms with Crippen LogP contribution in [0.3, 0.4) is 0 Å². The first-order valence-electron chi connectivity index (χ1n) is 6.11. The monoisotopic (exact) mass is 259 g/mol. The van der Waals surface area contributed by atoms with Gasteiger partial charge in [-0.25, -0.2) is 0 Å². The maximum absolute atomic E-state index is 11.5. The summed E-state index contributed by atoms with van der Waals surface area (Å²) in [4.78, 5) is 14.1. The molecule has 3 heteroatoms. The van der Waals surface area contributed by atoms with Crippen LogP contribution in [-0.4, -0.2) is 5.78 Å². The van der Waals surface area contributed by atoms with Crippen molar-refractivity contribution in [2.24, 2.45) is 0 Å². The summed E-state index contributed by atoms with van der Waals surface area (Å²) < 4.78 is 0. The fraction of sp³-hybridized carbons (Fsp3) is 0.267. The zero-order valence-electron chi connectivity index (χ0n) is 10.7. The number of thiophene rings is 1. The zero-order valence-corrected chi connectivity index (χ0v) is 11.5. The van der Waals surface area contributed by atoms with E-state index < -0.39 is 0 Å². The van der Waals surface area contributed by atoms with Crippen molar-refractivity contribution < 1.29 is 4.79 Å². The minimum absolute atomic E-state index is 0.190. The molecule has 0 aliphatic heterocycles. The van der Waals surface area contributed by atoms with Crippen LogP contribution in [0.4, 0.5) is 5.69 Å². The van der Waals surface area contributed by atoms with Crippen molar-refractivity contribution in [3.8, 4) is 0 Å². The second-order valence-electron chi connectivity index (χ2n) is 4.22. The lowest BCUT2D eigenvalue weighted by atomic mass is 10.1. The zero-order chi connectivity index (χ0) is 13.0. The predicted molar refractivity (Wildman–Crippen MR) is 77.4 cm³/mol. The van der Waals surface area contributed by atoms with Gasteiger partial charge in [-0.2, -0.15) is 0 Å². The van der Waals surface area contributed by atoms with Crippen LogP contribution >= 0.6 is 11.3 Å². The summed E-state index contributed by atoms with van der Waals surface area (Å²) in [6.45, 7) is 4.83. The molecule has 18 heavy (non-hydrogen) atoms. The summed E-state index contributed by atoms with van der Waals surface area (Å²) in [7, 11) is 0. The van der Waals surface area contributed by atoms with Crippen molar-refractivity contribution in [3.05, 3.63) is 51.7 Å². The van der Waals surface area contributed by atoms with E-state index in [-0.39, 0.29) is 5.78 Å². The number of hydrogen-bond acceptors (Lipinski definition) is 3. The first-order valence-corrected chi connectivity index (χ1v) is 6.93. The van der Waals surface area contributed by atoms with Crippen LogP contribution in [0.1, 0.15) is 33.5 Å². The van der Waals surface area contributed by atoms with E-state index >= 15 is 0 Å². The summed E-state index contributed by atoms with van der Waals surface area (Å²) in [5, 5.41) is 3.36. The van der Waals surface area contributed by atoms with E-state index in [1.54, 1.807) is 11.3 Å². The van der Waals surface area contributed by atoms with Gasteiger partial charge in [0.2, 0.25) is 0 Å². The van der Waals surface area contributed by atoms with E-state index in [9.17, 15) is 4.79 Å². The highest BCUT2D eigenvalue weighted by molar-refractivity contribution is 7.11. The van der Waals surface area contributed by atoms with Gasteiger partial charge >= 0.3 is 0 Å². The Hall–Kier alpha value is -1.61. The molecular weight excluding hydrogens is 242 g/mol. The average molecular weight is 259 g/mol. The average Bonchev–Trinajstić information content (AvgIpc) is 2.82. The summed E-state index contributed by atoms with van der Waals surface area (Å²) >= 11 is 1.80. The maximum Gasteiger partial charge on any atom is 0.162 e. The van der Waals surface area contributed by atoms with Crippen LogP contribution in [0.2, 0.25) is 0 Å². The smallest absolute Gasteiger partial charge is 0.162 e. The van der Waals surface area contributed by atoms with Crippen LogP contribution in [-0.2, 0) is 6.54 Å². The number of ketones is 1. The van der Waals surface area contributed by atoms with Gasteiger partial charge in [-0.3, -0.25) is 4.79 Å². The standard InChI is InChI=1S/C15H17NOS/c1-3-15(17)12-5-7-13(8-6-12)16-10-14-9-4-11(2)18-14/h4-9,16H,3,10H2,1-2H3. The molecule has 0 bridgehead atoms. The molecule has 0 aliphatic carbocycles. The molecule has 2 nitrogen and oxygen atoms in total. The molecule has 0 saturated heterocycles. The molecule has 94 valence electrons. The largest absolute Gasteiger partial charge is 0.380 e. The van der Waals surface area contributed by atoms with Crippen LogP contribution in [0.15, 0.2) is 36.4 Å². The quantitative estimate of drug-likeness (QED) is 0.813. The number of nitrogens with one attached hydrogen (secondary N) is 1. The SMILES string of the molecule is CCC(=O)c1ccc(NCc2ccc(C)s2)cc1. The number of anilines is 1. The van der Waals surface area contributed by atoms with Crippen LogP contribution in [0, 0.1) is 6.92 Å². The van der Waals surface area contributed by atoms with Gasteiger partial charge in [0.15, 0.2) is 5.78 Å². The number of carbonyl (C=O) groups is 1. The predicted octanol–water partition coefficient (Wildman–Crippen LogP) is 4.26. The molecule has 1 heterocycles. The van der Waals surface area contributed by atoms with Gasteiger partial charge in [0.1, 0.15) is 0 Å². The van der Waals surface area contributed by atoms with Crippen molar-refractivity contribution in [1.82, 2.24) is 0 Å². The summed E-state index contributed by atoms with van der Waals surface area (Å²) in [5.74, 6) is 0.190. The summed E-state index contributed by atoms with van der Waals surface area (Å²) in [5.41, 5.74) is 1.84. The molecule has 0 spiro atoms. The summed E-state index contributed by atoms with van der Waals surface area (Å²) in [6.07, 6.45) is 0.557. The Morgan fingerprint density at radius 3 is 2.44 bits per heavy atom. The molecule has 1 aromatic carbocycles. The van der Waals surface area contributed by atoms with Gasteiger partial charge in [-0.05, 0) is 43.3 Å². The third-order valence-corrected chi connectivity index (χ3v) is 3.79. The Kier molecular flexibility index (Phi) is 4.15. The first kappa shape index (κ1) is 12.8. The van der Waals surface area contributed by atoms with Crippen LogP contribution < -0.4 is 5.32 Å². The first-order chi connectivity index (χ1) is 8.69. The number of hydrogen-bond donors (Lipinski definition) is 1. The second kappa shape index (κ2) is 5.83. The molecule has 1 N–H and O–H groups in total. The van der Waals surface area contributed by atoms with Crippen molar-refractivity contribution in [2.45, 2.75) is 26.8 Å². The molecule has 2 rings (SSSR count). The number of Topliss-reactive ketones (excluding diaryl/α,β-unsaturated/α-hetero) is 1. The Labute approximate surface area is 112 Å². The van der Waals surface area contributed by atoms with E-state index in [1.807, 2.05) is 31.2 Å². The molecule has 0 radical (unpaired) electrons. The lowest BCUT2D eigenvalue weighted by Crippen LogP contribution is -1.99. The number of benzene rings is 1. The molecule has 0 amide bonds. The molecule has 0 fully saturated rings. The highest BCUT2D eigenvalue weighted by atomic mass is 32.1. The van der Waals surface area contributed by atoms with Gasteiger partial charge < -0.3 is 5.32 Å². The van der Waals surface area contributed by atoms with Gasteiger partial charge in [0.25, 0.3) is 0 Å². The Morgan fingerprint density at radius 1 is 1.17 bits per heavy atom. The van der Waals surface area contributed by atoms with Gasteiger partial charge in [0.05, 0.1) is 0 Å². The Morgan fingerprint density at radius 2 is 1.89 bits per heavy atom. The molecule has 0 aliphatic rings. The lowest BCUT2D eigenvalue weighted by Gasteiger charge is -2.05. The van der Waals surface area contributed by atoms with Crippen molar-refractivity contribution in [1.29, 1.82) is 0 Å². The summed E-state index contributed by atoms with van der Waals surface area (Å²) in [6, 6.07) is 12.0. The minimum Gasteiger partial charge on any atom is -0.380 e. The van der Waals surface area contributed by atoms with Gasteiger partial charge in [-0.15, -0.1) is 11.3 Å². The Balaban J connectivity index is 1.96. The molecule has 2 aromatic rings. The van der Waals surface area contributed by atoms with Crippen LogP contribution in [0.25, 0.3) is 0 Å². The third-order valence-electron chi connectivity index (χ3n) is 2.79. The molecule has 0 unspecified atom stereocenters. The molecular formula is C15H17NOS. The van der Waals surface area contributed by atoms with Crippen molar-refractivity contribution in [2.75, 3.05) is 5.32 Å². The van der Waals surface area contributed by atoms with Gasteiger partial charge in [-0.1, -0.05) is 6.92 Å². The fourth-order valence-corrected chi connectivity index (χ4v) is 2.58. The molecule has 0 saturated carbocycles. The van der Waals surface area contributed by atoms with E-state index in [0.717, 1.165) is 17.8 Å². The van der Waals surface area contributed by atoms with E-state index in [1.165, 1.54) is 9.75 Å².